The third-order valence-corrected chi connectivity index (χ3v) is 2.82. The third-order valence-electron chi connectivity index (χ3n) is 2.82. The fourth-order valence-electron chi connectivity index (χ4n) is 1.91. The van der Waals surface area contributed by atoms with Crippen molar-refractivity contribution in [3.63, 3.8) is 0 Å². The molecule has 1 aliphatic rings. The highest BCUT2D eigenvalue weighted by Crippen LogP contribution is 2.23. The van der Waals surface area contributed by atoms with E-state index in [1.807, 2.05) is 25.7 Å². The van der Waals surface area contributed by atoms with Gasteiger partial charge in [0.05, 0.1) is 0 Å². The van der Waals surface area contributed by atoms with Gasteiger partial charge in [-0.25, -0.2) is 4.79 Å². The lowest BCUT2D eigenvalue weighted by Gasteiger charge is -2.39. The predicted molar refractivity (Wildman–Crippen MR) is 65.4 cm³/mol. The van der Waals surface area contributed by atoms with E-state index in [4.69, 9.17) is 4.74 Å². The molecule has 0 saturated carbocycles. The number of hydrogen-bond acceptors (Lipinski definition) is 2. The Kier molecular flexibility index (Phi) is 4.63. The number of hydrogen-bond donors (Lipinski definition) is 0. The average molecular weight is 227 g/mol. The molecule has 0 N–H and O–H groups in total. The Bertz CT molecular complexity index is 227. The van der Waals surface area contributed by atoms with Crippen molar-refractivity contribution < 1.29 is 9.53 Å². The summed E-state index contributed by atoms with van der Waals surface area (Å²) >= 11 is 0. The van der Waals surface area contributed by atoms with Crippen molar-refractivity contribution in [1.82, 2.24) is 4.90 Å². The highest BCUT2D eigenvalue weighted by Gasteiger charge is 2.32. The molecule has 1 fully saturated rings. The van der Waals surface area contributed by atoms with Gasteiger partial charge in [0.25, 0.3) is 0 Å². The van der Waals surface area contributed by atoms with Gasteiger partial charge in [0.1, 0.15) is 5.60 Å². The maximum atomic E-state index is 11.6. The molecule has 1 rings (SSSR count). The van der Waals surface area contributed by atoms with Crippen molar-refractivity contribution in [3.05, 3.63) is 0 Å². The average Bonchev–Trinajstić information content (AvgIpc) is 2.05. The van der Waals surface area contributed by atoms with Crippen LogP contribution in [0.25, 0.3) is 0 Å². The Hall–Kier alpha value is -0.730. The van der Waals surface area contributed by atoms with E-state index in [0.29, 0.717) is 5.92 Å². The molecule has 3 heteroatoms. The van der Waals surface area contributed by atoms with Crippen molar-refractivity contribution >= 4 is 6.09 Å². The summed E-state index contributed by atoms with van der Waals surface area (Å²) in [5.74, 6) is 0.707. The molecule has 0 spiro atoms. The fraction of sp³-hybridized carbons (Fsp3) is 0.923. The van der Waals surface area contributed by atoms with E-state index < -0.39 is 0 Å². The van der Waals surface area contributed by atoms with E-state index >= 15 is 0 Å². The molecule has 1 amide bonds. The summed E-state index contributed by atoms with van der Waals surface area (Å²) in [5.41, 5.74) is -0.371. The van der Waals surface area contributed by atoms with Crippen LogP contribution >= 0.6 is 0 Å². The van der Waals surface area contributed by atoms with Crippen molar-refractivity contribution in [2.45, 2.75) is 59.0 Å². The minimum atomic E-state index is -0.371. The third kappa shape index (κ3) is 4.42. The summed E-state index contributed by atoms with van der Waals surface area (Å²) in [6, 6.07) is 0. The molecule has 1 saturated heterocycles. The number of nitrogens with zero attached hydrogens (tertiary/aromatic N) is 1. The van der Waals surface area contributed by atoms with Gasteiger partial charge in [-0.2, -0.15) is 0 Å². The lowest BCUT2D eigenvalue weighted by atomic mass is 9.94. The minimum absolute atomic E-state index is 0.153. The summed E-state index contributed by atoms with van der Waals surface area (Å²) in [7, 11) is 0. The van der Waals surface area contributed by atoms with Gasteiger partial charge < -0.3 is 9.64 Å². The quantitative estimate of drug-likeness (QED) is 0.689. The fourth-order valence-corrected chi connectivity index (χ4v) is 1.91. The molecule has 3 nitrogen and oxygen atoms in total. The molecular weight excluding hydrogens is 202 g/mol. The number of ether oxygens (including phenoxy) is 1. The standard InChI is InChI=1S/C13H25NO2/c1-5-6-7-8-11-9-14(10-11)12(15)16-13(2,3)4/h11H,5-10H2,1-4H3. The van der Waals surface area contributed by atoms with Crippen molar-refractivity contribution in [2.75, 3.05) is 13.1 Å². The van der Waals surface area contributed by atoms with Gasteiger partial charge >= 0.3 is 6.09 Å². The summed E-state index contributed by atoms with van der Waals surface area (Å²) in [6.07, 6.45) is 4.97. The van der Waals surface area contributed by atoms with Crippen molar-refractivity contribution in [2.24, 2.45) is 5.92 Å². The monoisotopic (exact) mass is 227 g/mol. The Morgan fingerprint density at radius 2 is 1.94 bits per heavy atom. The number of carbonyl (C=O) groups excluding carboxylic acids is 1. The summed E-state index contributed by atoms with van der Waals surface area (Å²) in [6.45, 7) is 9.71. The van der Waals surface area contributed by atoms with Crippen LogP contribution in [0, 0.1) is 5.92 Å². The van der Waals surface area contributed by atoms with Crippen molar-refractivity contribution in [1.29, 1.82) is 0 Å². The number of carbonyl (C=O) groups is 1. The number of amides is 1. The number of likely N-dealkylation sites (tertiary alicyclic amines) is 1. The maximum Gasteiger partial charge on any atom is 0.410 e. The molecule has 0 unspecified atom stereocenters. The maximum absolute atomic E-state index is 11.6. The normalized spacial score (nSPS) is 17.1. The molecular formula is C13H25NO2. The predicted octanol–water partition coefficient (Wildman–Crippen LogP) is 3.43. The second-order valence-corrected chi connectivity index (χ2v) is 5.75. The summed E-state index contributed by atoms with van der Waals surface area (Å²) < 4.78 is 5.30. The first kappa shape index (κ1) is 13.3. The molecule has 0 radical (unpaired) electrons. The van der Waals surface area contributed by atoms with Gasteiger partial charge in [-0.3, -0.25) is 0 Å². The second-order valence-electron chi connectivity index (χ2n) is 5.75. The van der Waals surface area contributed by atoms with Gasteiger partial charge in [-0.05, 0) is 33.1 Å². The van der Waals surface area contributed by atoms with Crippen molar-refractivity contribution in [3.8, 4) is 0 Å². The zero-order chi connectivity index (χ0) is 12.2. The molecule has 1 heterocycles. The summed E-state index contributed by atoms with van der Waals surface area (Å²) in [5, 5.41) is 0. The molecule has 0 aromatic heterocycles. The van der Waals surface area contributed by atoms with E-state index in [1.165, 1.54) is 25.7 Å². The van der Waals surface area contributed by atoms with Gasteiger partial charge in [-0.15, -0.1) is 0 Å². The van der Waals surface area contributed by atoms with Crippen LogP contribution in [0.15, 0.2) is 0 Å². The Morgan fingerprint density at radius 3 is 2.44 bits per heavy atom. The van der Waals surface area contributed by atoms with Crippen LogP contribution in [-0.4, -0.2) is 29.7 Å². The molecule has 0 atom stereocenters. The van der Waals surface area contributed by atoms with E-state index in [2.05, 4.69) is 6.92 Å². The lowest BCUT2D eigenvalue weighted by Crippen LogP contribution is -2.51. The highest BCUT2D eigenvalue weighted by molar-refractivity contribution is 5.69. The van der Waals surface area contributed by atoms with Gasteiger partial charge in [-0.1, -0.05) is 26.2 Å². The van der Waals surface area contributed by atoms with E-state index in [1.54, 1.807) is 0 Å². The van der Waals surface area contributed by atoms with E-state index in [0.717, 1.165) is 13.1 Å². The summed E-state index contributed by atoms with van der Waals surface area (Å²) in [4.78, 5) is 13.4. The SMILES string of the molecule is CCCCCC1CN(C(=O)OC(C)(C)C)C1. The molecule has 0 aromatic rings. The van der Waals surface area contributed by atoms with E-state index in [9.17, 15) is 4.79 Å². The van der Waals surface area contributed by atoms with Crippen LogP contribution in [0.1, 0.15) is 53.4 Å². The van der Waals surface area contributed by atoms with Gasteiger partial charge in [0, 0.05) is 13.1 Å². The number of unbranched alkanes of at least 4 members (excludes halogenated alkanes) is 2. The minimum Gasteiger partial charge on any atom is -0.444 e. The smallest absolute Gasteiger partial charge is 0.410 e. The molecule has 0 aliphatic carbocycles. The van der Waals surface area contributed by atoms with Crippen LogP contribution in [-0.2, 0) is 4.74 Å². The zero-order valence-corrected chi connectivity index (χ0v) is 11.1. The topological polar surface area (TPSA) is 29.5 Å². The highest BCUT2D eigenvalue weighted by atomic mass is 16.6. The largest absolute Gasteiger partial charge is 0.444 e. The van der Waals surface area contributed by atoms with E-state index in [-0.39, 0.29) is 11.7 Å². The molecule has 1 aliphatic heterocycles. The molecule has 94 valence electrons. The first-order valence-electron chi connectivity index (χ1n) is 6.40. The Balaban J connectivity index is 2.13. The first-order valence-corrected chi connectivity index (χ1v) is 6.40. The Labute approximate surface area is 99.1 Å². The van der Waals surface area contributed by atoms with Crippen LogP contribution in [0.5, 0.6) is 0 Å². The zero-order valence-electron chi connectivity index (χ0n) is 11.1. The number of rotatable bonds is 4. The molecule has 0 aromatic carbocycles. The molecule has 0 bridgehead atoms. The van der Waals surface area contributed by atoms with Crippen LogP contribution in [0.2, 0.25) is 0 Å². The lowest BCUT2D eigenvalue weighted by molar-refractivity contribution is -0.00241. The van der Waals surface area contributed by atoms with Crippen LogP contribution in [0.4, 0.5) is 4.79 Å². The van der Waals surface area contributed by atoms with Crippen LogP contribution in [0.3, 0.4) is 0 Å². The Morgan fingerprint density at radius 1 is 1.31 bits per heavy atom. The first-order chi connectivity index (χ1) is 7.42. The second kappa shape index (κ2) is 5.55. The van der Waals surface area contributed by atoms with Gasteiger partial charge in [0.15, 0.2) is 0 Å². The molecule has 16 heavy (non-hydrogen) atoms. The van der Waals surface area contributed by atoms with Crippen LogP contribution < -0.4 is 0 Å². The van der Waals surface area contributed by atoms with Gasteiger partial charge in [0.2, 0.25) is 0 Å².